The summed E-state index contributed by atoms with van der Waals surface area (Å²) in [5.74, 6) is -0.899. The van der Waals surface area contributed by atoms with Gasteiger partial charge in [-0.1, -0.05) is 20.8 Å². The quantitative estimate of drug-likeness (QED) is 0.693. The van der Waals surface area contributed by atoms with Gasteiger partial charge in [0.05, 0.1) is 11.4 Å². The summed E-state index contributed by atoms with van der Waals surface area (Å²) in [6.07, 6.45) is -1.00. The average Bonchev–Trinajstić information content (AvgIpc) is 2.28. The Labute approximate surface area is 118 Å². The molecule has 0 N–H and O–H groups in total. The molecule has 112 valence electrons. The molecule has 2 aliphatic rings. The number of carbonyl (C=O) groups excluding carboxylic acids is 2. The molecule has 0 spiro atoms. The first kappa shape index (κ1) is 15.2. The predicted molar refractivity (Wildman–Crippen MR) is 72.4 cm³/mol. The summed E-state index contributed by atoms with van der Waals surface area (Å²) in [4.78, 5) is 25.6. The molecule has 0 aromatic rings. The molecular formula is C13H19NO5S. The van der Waals surface area contributed by atoms with E-state index in [0.29, 0.717) is 5.57 Å². The molecular weight excluding hydrogens is 282 g/mol. The molecule has 0 aromatic carbocycles. The van der Waals surface area contributed by atoms with Crippen LogP contribution in [-0.2, 0) is 24.2 Å². The van der Waals surface area contributed by atoms with E-state index < -0.39 is 32.6 Å². The lowest BCUT2D eigenvalue weighted by atomic mass is 9.86. The molecule has 2 aliphatic heterocycles. The molecule has 0 aliphatic carbocycles. The number of hydrogen-bond donors (Lipinski definition) is 0. The van der Waals surface area contributed by atoms with Crippen molar-refractivity contribution in [2.24, 2.45) is 5.41 Å². The highest BCUT2D eigenvalue weighted by Gasteiger charge is 2.60. The van der Waals surface area contributed by atoms with E-state index in [1.54, 1.807) is 27.7 Å². The van der Waals surface area contributed by atoms with Gasteiger partial charge in [0.2, 0.25) is 0 Å². The molecule has 2 atom stereocenters. The van der Waals surface area contributed by atoms with Crippen molar-refractivity contribution in [1.29, 1.82) is 0 Å². The van der Waals surface area contributed by atoms with Crippen LogP contribution in [0.4, 0.5) is 0 Å². The van der Waals surface area contributed by atoms with E-state index in [-0.39, 0.29) is 17.2 Å². The van der Waals surface area contributed by atoms with Crippen LogP contribution in [0.15, 0.2) is 11.3 Å². The largest absolute Gasteiger partial charge is 0.368 e. The third-order valence-corrected chi connectivity index (χ3v) is 5.60. The van der Waals surface area contributed by atoms with E-state index in [4.69, 9.17) is 4.74 Å². The third-order valence-electron chi connectivity index (χ3n) is 3.58. The first-order valence-corrected chi connectivity index (χ1v) is 8.06. The van der Waals surface area contributed by atoms with Crippen LogP contribution in [0.5, 0.6) is 0 Å². The van der Waals surface area contributed by atoms with E-state index in [1.807, 2.05) is 0 Å². The van der Waals surface area contributed by atoms with Gasteiger partial charge in [-0.2, -0.15) is 0 Å². The molecule has 1 amide bonds. The van der Waals surface area contributed by atoms with Crippen LogP contribution >= 0.6 is 0 Å². The zero-order valence-electron chi connectivity index (χ0n) is 12.3. The Hall–Kier alpha value is -1.21. The number of ether oxygens (including phenoxy) is 1. The molecule has 7 heteroatoms. The van der Waals surface area contributed by atoms with Crippen LogP contribution in [0.2, 0.25) is 0 Å². The number of carbonyl (C=O) groups is 2. The lowest BCUT2D eigenvalue weighted by Crippen LogP contribution is -2.70. The zero-order valence-corrected chi connectivity index (χ0v) is 13.1. The van der Waals surface area contributed by atoms with Crippen molar-refractivity contribution in [3.05, 3.63) is 11.3 Å². The van der Waals surface area contributed by atoms with Gasteiger partial charge < -0.3 is 4.74 Å². The summed E-state index contributed by atoms with van der Waals surface area (Å²) in [6, 6.07) is 0. The standard InChI is InChI=1S/C13H19NO5S/c1-7-6-20(17,18)12-9(19-5)11(16)14(12)8(7)10(15)13(2,3)4/h9,12H,6H2,1-5H3/t9?,12-/m1/s1. The van der Waals surface area contributed by atoms with Gasteiger partial charge in [0.1, 0.15) is 0 Å². The van der Waals surface area contributed by atoms with Crippen molar-refractivity contribution in [3.8, 4) is 0 Å². The summed E-state index contributed by atoms with van der Waals surface area (Å²) in [7, 11) is -2.21. The normalized spacial score (nSPS) is 29.1. The van der Waals surface area contributed by atoms with Crippen molar-refractivity contribution in [1.82, 2.24) is 4.90 Å². The third kappa shape index (κ3) is 2.00. The van der Waals surface area contributed by atoms with Gasteiger partial charge in [-0.05, 0) is 12.5 Å². The van der Waals surface area contributed by atoms with Gasteiger partial charge >= 0.3 is 0 Å². The summed E-state index contributed by atoms with van der Waals surface area (Å²) in [6.45, 7) is 6.81. The first-order chi connectivity index (χ1) is 9.02. The fourth-order valence-electron chi connectivity index (χ4n) is 2.56. The van der Waals surface area contributed by atoms with Crippen molar-refractivity contribution >= 4 is 21.5 Å². The minimum Gasteiger partial charge on any atom is -0.368 e. The second-order valence-electron chi connectivity index (χ2n) is 6.27. The maximum absolute atomic E-state index is 12.5. The molecule has 20 heavy (non-hydrogen) atoms. The van der Waals surface area contributed by atoms with E-state index in [2.05, 4.69) is 0 Å². The van der Waals surface area contributed by atoms with Crippen molar-refractivity contribution in [3.63, 3.8) is 0 Å². The Morgan fingerprint density at radius 2 is 1.90 bits per heavy atom. The highest BCUT2D eigenvalue weighted by Crippen LogP contribution is 2.40. The second kappa shape index (κ2) is 4.39. The molecule has 2 heterocycles. The van der Waals surface area contributed by atoms with Crippen LogP contribution in [0.3, 0.4) is 0 Å². The van der Waals surface area contributed by atoms with Crippen molar-refractivity contribution in [2.45, 2.75) is 39.2 Å². The fourth-order valence-corrected chi connectivity index (χ4v) is 4.61. The number of methoxy groups -OCH3 is 1. The van der Waals surface area contributed by atoms with Crippen molar-refractivity contribution < 1.29 is 22.7 Å². The average molecular weight is 301 g/mol. The van der Waals surface area contributed by atoms with Crippen LogP contribution in [-0.4, -0.2) is 49.3 Å². The molecule has 0 radical (unpaired) electrons. The smallest absolute Gasteiger partial charge is 0.260 e. The number of β-lactam (4-membered cyclic amide) rings is 1. The van der Waals surface area contributed by atoms with Crippen LogP contribution in [0, 0.1) is 5.41 Å². The number of Topliss-reactive ketones (excluding diaryl/α,β-unsaturated/α-hetero) is 1. The molecule has 0 bridgehead atoms. The minimum atomic E-state index is -3.51. The Morgan fingerprint density at radius 1 is 1.35 bits per heavy atom. The van der Waals surface area contributed by atoms with E-state index in [9.17, 15) is 18.0 Å². The Balaban J connectivity index is 2.54. The topological polar surface area (TPSA) is 80.8 Å². The summed E-state index contributed by atoms with van der Waals surface area (Å²) >= 11 is 0. The van der Waals surface area contributed by atoms with Crippen LogP contribution in [0.25, 0.3) is 0 Å². The monoisotopic (exact) mass is 301 g/mol. The molecule has 2 rings (SSSR count). The number of amides is 1. The molecule has 1 unspecified atom stereocenters. The van der Waals surface area contributed by atoms with E-state index in [0.717, 1.165) is 4.90 Å². The summed E-state index contributed by atoms with van der Waals surface area (Å²) < 4.78 is 29.3. The van der Waals surface area contributed by atoms with Crippen LogP contribution < -0.4 is 0 Å². The van der Waals surface area contributed by atoms with E-state index in [1.165, 1.54) is 7.11 Å². The number of fused-ring (bicyclic) bond motifs is 1. The van der Waals surface area contributed by atoms with Gasteiger partial charge in [0.15, 0.2) is 27.1 Å². The maximum atomic E-state index is 12.5. The van der Waals surface area contributed by atoms with Gasteiger partial charge in [0.25, 0.3) is 5.91 Å². The number of allylic oxidation sites excluding steroid dienone is 1. The summed E-state index contributed by atoms with van der Waals surface area (Å²) in [5.41, 5.74) is -0.0413. The second-order valence-corrected chi connectivity index (χ2v) is 8.37. The Bertz CT molecular complexity index is 611. The molecule has 0 saturated carbocycles. The highest BCUT2D eigenvalue weighted by molar-refractivity contribution is 7.92. The highest BCUT2D eigenvalue weighted by atomic mass is 32.2. The number of sulfone groups is 1. The minimum absolute atomic E-state index is 0.210. The molecule has 1 saturated heterocycles. The number of ketones is 1. The first-order valence-electron chi connectivity index (χ1n) is 6.34. The fraction of sp³-hybridized carbons (Fsp3) is 0.692. The lowest BCUT2D eigenvalue weighted by molar-refractivity contribution is -0.161. The zero-order chi connectivity index (χ0) is 15.5. The predicted octanol–water partition coefficient (Wildman–Crippen LogP) is 0.487. The van der Waals surface area contributed by atoms with Gasteiger partial charge in [0, 0.05) is 12.5 Å². The van der Waals surface area contributed by atoms with E-state index >= 15 is 0 Å². The molecule has 6 nitrogen and oxygen atoms in total. The van der Waals surface area contributed by atoms with Crippen molar-refractivity contribution in [2.75, 3.05) is 12.9 Å². The Morgan fingerprint density at radius 3 is 2.35 bits per heavy atom. The van der Waals surface area contributed by atoms with Crippen LogP contribution in [0.1, 0.15) is 27.7 Å². The lowest BCUT2D eigenvalue weighted by Gasteiger charge is -2.49. The SMILES string of the molecule is COC1C(=O)N2C(C(=O)C(C)(C)C)=C(C)CS(=O)(=O)[C@H]12. The number of hydrogen-bond acceptors (Lipinski definition) is 5. The maximum Gasteiger partial charge on any atom is 0.260 e. The molecule has 0 aromatic heterocycles. The molecule has 1 fully saturated rings. The van der Waals surface area contributed by atoms with Gasteiger partial charge in [-0.25, -0.2) is 8.42 Å². The number of rotatable bonds is 2. The Kier molecular flexibility index (Phi) is 3.33. The van der Waals surface area contributed by atoms with Gasteiger partial charge in [-0.3, -0.25) is 14.5 Å². The number of nitrogens with zero attached hydrogens (tertiary/aromatic N) is 1. The van der Waals surface area contributed by atoms with Gasteiger partial charge in [-0.15, -0.1) is 0 Å². The summed E-state index contributed by atoms with van der Waals surface area (Å²) in [5, 5.41) is -1.06.